The highest BCUT2D eigenvalue weighted by atomic mass is 32.2. The Kier molecular flexibility index (Phi) is 5.55. The lowest BCUT2D eigenvalue weighted by Crippen LogP contribution is -2.42. The van der Waals surface area contributed by atoms with E-state index in [1.165, 1.54) is 12.1 Å². The molecule has 1 atom stereocenters. The van der Waals surface area contributed by atoms with Gasteiger partial charge in [-0.25, -0.2) is 8.42 Å². The Morgan fingerprint density at radius 2 is 1.81 bits per heavy atom. The predicted octanol–water partition coefficient (Wildman–Crippen LogP) is 5.44. The van der Waals surface area contributed by atoms with Gasteiger partial charge in [-0.2, -0.15) is 23.2 Å². The van der Waals surface area contributed by atoms with Gasteiger partial charge in [0, 0.05) is 11.4 Å². The fourth-order valence-electron chi connectivity index (χ4n) is 4.00. The Hall–Kier alpha value is -2.83. The molecule has 5 nitrogen and oxygen atoms in total. The second-order valence-electron chi connectivity index (χ2n) is 8.22. The lowest BCUT2D eigenvalue weighted by Gasteiger charge is -2.30. The fourth-order valence-corrected chi connectivity index (χ4v) is 5.23. The van der Waals surface area contributed by atoms with Crippen LogP contribution in [0.25, 0.3) is 22.2 Å². The van der Waals surface area contributed by atoms with Gasteiger partial charge in [-0.1, -0.05) is 24.3 Å². The van der Waals surface area contributed by atoms with Gasteiger partial charge >= 0.3 is 6.18 Å². The molecule has 0 bridgehead atoms. The summed E-state index contributed by atoms with van der Waals surface area (Å²) in [5.41, 5.74) is 3.88. The smallest absolute Gasteiger partial charge is 0.336 e. The molecule has 1 aliphatic rings. The van der Waals surface area contributed by atoms with Crippen molar-refractivity contribution in [3.63, 3.8) is 0 Å². The van der Waals surface area contributed by atoms with E-state index in [1.807, 2.05) is 25.1 Å². The molecule has 1 N–H and O–H groups in total. The topological polar surface area (TPSA) is 74.9 Å². The van der Waals surface area contributed by atoms with Gasteiger partial charge in [0.2, 0.25) is 10.0 Å². The molecular weight excluding hydrogens is 439 g/mol. The van der Waals surface area contributed by atoms with Crippen molar-refractivity contribution in [2.75, 3.05) is 0 Å². The molecule has 0 aliphatic heterocycles. The van der Waals surface area contributed by atoms with Gasteiger partial charge in [-0.05, 0) is 62.4 Å². The lowest BCUT2D eigenvalue weighted by molar-refractivity contribution is -0.147. The largest absolute Gasteiger partial charge is 0.404 e. The molecule has 1 heterocycles. The van der Waals surface area contributed by atoms with Crippen LogP contribution < -0.4 is 4.72 Å². The molecule has 32 heavy (non-hydrogen) atoms. The van der Waals surface area contributed by atoms with Crippen LogP contribution in [0.3, 0.4) is 0 Å². The fraction of sp³-hybridized carbons (Fsp3) is 0.348. The monoisotopic (exact) mass is 461 g/mol. The van der Waals surface area contributed by atoms with Crippen LogP contribution in [0.2, 0.25) is 0 Å². The van der Waals surface area contributed by atoms with Crippen LogP contribution in [0.1, 0.15) is 43.4 Å². The minimum Gasteiger partial charge on any atom is -0.336 e. The van der Waals surface area contributed by atoms with Crippen LogP contribution in [-0.2, 0) is 10.0 Å². The lowest BCUT2D eigenvalue weighted by atomic mass is 9.92. The second-order valence-corrected chi connectivity index (χ2v) is 9.93. The number of nitrogens with zero attached hydrogens (tertiary/aromatic N) is 2. The van der Waals surface area contributed by atoms with E-state index in [0.717, 1.165) is 42.7 Å². The zero-order chi connectivity index (χ0) is 23.3. The molecule has 1 fully saturated rings. The number of rotatable bonds is 5. The maximum Gasteiger partial charge on any atom is 0.404 e. The summed E-state index contributed by atoms with van der Waals surface area (Å²) in [7, 11) is -4.35. The van der Waals surface area contributed by atoms with Crippen LogP contribution in [0.5, 0.6) is 0 Å². The Bertz CT molecular complexity index is 1320. The van der Waals surface area contributed by atoms with Crippen LogP contribution in [0.4, 0.5) is 13.2 Å². The van der Waals surface area contributed by atoms with Crippen molar-refractivity contribution in [3.05, 3.63) is 53.6 Å². The molecule has 3 aromatic rings. The first-order chi connectivity index (χ1) is 15.0. The van der Waals surface area contributed by atoms with Gasteiger partial charge in [-0.3, -0.25) is 0 Å². The number of benzene rings is 2. The summed E-state index contributed by atoms with van der Waals surface area (Å²) in [6.07, 6.45) is -1.61. The highest BCUT2D eigenvalue weighted by Gasteiger charge is 2.39. The van der Waals surface area contributed by atoms with Crippen LogP contribution in [0.15, 0.2) is 47.4 Å². The van der Waals surface area contributed by atoms with E-state index in [9.17, 15) is 26.9 Å². The van der Waals surface area contributed by atoms with Gasteiger partial charge in [0.05, 0.1) is 21.7 Å². The number of nitrogens with one attached hydrogen (secondary N) is 1. The molecule has 0 amide bonds. The first-order valence-corrected chi connectivity index (χ1v) is 11.8. The molecule has 1 aliphatic carbocycles. The predicted molar refractivity (Wildman–Crippen MR) is 116 cm³/mol. The molecule has 0 radical (unpaired) electrons. The number of hydrogen-bond donors (Lipinski definition) is 1. The number of aryl methyl sites for hydroxylation is 1. The van der Waals surface area contributed by atoms with E-state index in [0.29, 0.717) is 16.8 Å². The van der Waals surface area contributed by atoms with Crippen molar-refractivity contribution < 1.29 is 21.6 Å². The second kappa shape index (κ2) is 7.94. The van der Waals surface area contributed by atoms with Crippen LogP contribution in [0, 0.1) is 18.3 Å². The van der Waals surface area contributed by atoms with Crippen molar-refractivity contribution in [1.82, 2.24) is 9.29 Å². The van der Waals surface area contributed by atoms with Gasteiger partial charge in [0.15, 0.2) is 0 Å². The first-order valence-electron chi connectivity index (χ1n) is 10.3. The summed E-state index contributed by atoms with van der Waals surface area (Å²) in [6.45, 7) is 2.74. The number of fused-ring (bicyclic) bond motifs is 1. The van der Waals surface area contributed by atoms with Gasteiger partial charge in [0.25, 0.3) is 0 Å². The number of hydrogen-bond acceptors (Lipinski definition) is 3. The quantitative estimate of drug-likeness (QED) is 0.550. The molecule has 0 unspecified atom stereocenters. The SMILES string of the molecule is Cc1ccc2c(C#N)c(-c3ccc(S(=O)(=O)N[C@H](C)C(F)(F)F)cc3)n(C3CCC3)c2c1. The Balaban J connectivity index is 1.80. The Morgan fingerprint density at radius 3 is 2.34 bits per heavy atom. The number of nitriles is 1. The molecule has 9 heteroatoms. The standard InChI is InChI=1S/C23H22F3N3O2S/c1-14-6-11-19-20(13-27)22(29(21(19)12-14)17-4-3-5-17)16-7-9-18(10-8-16)32(30,31)28-15(2)23(24,25)26/h6-12,15,17,28H,3-5H2,1-2H3/t15-/m1/s1. The zero-order valence-electron chi connectivity index (χ0n) is 17.6. The minimum absolute atomic E-state index is 0.245. The van der Waals surface area contributed by atoms with E-state index in [4.69, 9.17) is 0 Å². The van der Waals surface area contributed by atoms with Gasteiger partial charge in [0.1, 0.15) is 12.1 Å². The van der Waals surface area contributed by atoms with Crippen molar-refractivity contribution in [3.8, 4) is 17.3 Å². The third-order valence-corrected chi connectivity index (χ3v) is 7.53. The summed E-state index contributed by atoms with van der Waals surface area (Å²) < 4.78 is 67.0. The van der Waals surface area contributed by atoms with E-state index >= 15 is 0 Å². The number of halogens is 3. The highest BCUT2D eigenvalue weighted by molar-refractivity contribution is 7.89. The molecule has 2 aromatic carbocycles. The number of alkyl halides is 3. The Labute approximate surface area is 184 Å². The van der Waals surface area contributed by atoms with Crippen molar-refractivity contribution in [1.29, 1.82) is 5.26 Å². The van der Waals surface area contributed by atoms with E-state index < -0.39 is 22.2 Å². The highest BCUT2D eigenvalue weighted by Crippen LogP contribution is 2.42. The van der Waals surface area contributed by atoms with Crippen molar-refractivity contribution >= 4 is 20.9 Å². The summed E-state index contributed by atoms with van der Waals surface area (Å²) >= 11 is 0. The molecule has 0 spiro atoms. The summed E-state index contributed by atoms with van der Waals surface area (Å²) in [6, 6.07) is 11.9. The molecular formula is C23H22F3N3O2S. The maximum atomic E-state index is 12.8. The maximum absolute atomic E-state index is 12.8. The summed E-state index contributed by atoms with van der Waals surface area (Å²) in [5.74, 6) is 0. The molecule has 1 saturated carbocycles. The third kappa shape index (κ3) is 3.89. The zero-order valence-corrected chi connectivity index (χ0v) is 18.4. The molecule has 1 aromatic heterocycles. The molecule has 0 saturated heterocycles. The third-order valence-electron chi connectivity index (χ3n) is 5.97. The van der Waals surface area contributed by atoms with Crippen LogP contribution >= 0.6 is 0 Å². The normalized spacial score (nSPS) is 16.0. The minimum atomic E-state index is -4.68. The average molecular weight is 462 g/mol. The average Bonchev–Trinajstić information content (AvgIpc) is 2.99. The van der Waals surface area contributed by atoms with E-state index in [-0.39, 0.29) is 10.9 Å². The molecule has 168 valence electrons. The van der Waals surface area contributed by atoms with Gasteiger partial charge in [-0.15, -0.1) is 0 Å². The van der Waals surface area contributed by atoms with E-state index in [1.54, 1.807) is 16.9 Å². The molecule has 4 rings (SSSR count). The van der Waals surface area contributed by atoms with E-state index in [2.05, 4.69) is 10.6 Å². The van der Waals surface area contributed by atoms with Crippen molar-refractivity contribution in [2.45, 2.75) is 56.3 Å². The van der Waals surface area contributed by atoms with Crippen LogP contribution in [-0.4, -0.2) is 25.2 Å². The number of sulfonamides is 1. The summed E-state index contributed by atoms with van der Waals surface area (Å²) in [5, 5.41) is 10.7. The van der Waals surface area contributed by atoms with Crippen molar-refractivity contribution in [2.24, 2.45) is 0 Å². The van der Waals surface area contributed by atoms with Gasteiger partial charge < -0.3 is 4.57 Å². The summed E-state index contributed by atoms with van der Waals surface area (Å²) in [4.78, 5) is -0.266. The number of aromatic nitrogens is 1. The Morgan fingerprint density at radius 1 is 1.16 bits per heavy atom. The first kappa shape index (κ1) is 22.4.